The number of hydrogen-bond acceptors (Lipinski definition) is 4. The van der Waals surface area contributed by atoms with E-state index in [1.165, 1.54) is 24.3 Å². The highest BCUT2D eigenvalue weighted by Gasteiger charge is 2.34. The summed E-state index contributed by atoms with van der Waals surface area (Å²) in [5.74, 6) is 0. The second kappa shape index (κ2) is 8.28. The van der Waals surface area contributed by atoms with Gasteiger partial charge in [-0.2, -0.15) is 0 Å². The fraction of sp³-hybridized carbons (Fsp3) is 0.765. The van der Waals surface area contributed by atoms with Gasteiger partial charge >= 0.3 is 0 Å². The van der Waals surface area contributed by atoms with E-state index in [1.807, 2.05) is 11.3 Å². The van der Waals surface area contributed by atoms with Crippen LogP contribution in [-0.2, 0) is 11.3 Å². The van der Waals surface area contributed by atoms with Crippen LogP contribution in [0.3, 0.4) is 0 Å². The third-order valence-electron chi connectivity index (χ3n) is 4.40. The molecule has 1 saturated heterocycles. The lowest BCUT2D eigenvalue weighted by Gasteiger charge is -2.41. The van der Waals surface area contributed by atoms with Gasteiger partial charge in [-0.1, -0.05) is 26.8 Å². The molecular formula is C17H30N2OS. The molecule has 4 heteroatoms. The first-order valence-corrected chi connectivity index (χ1v) is 9.07. The van der Waals surface area contributed by atoms with E-state index < -0.39 is 0 Å². The molecule has 0 radical (unpaired) electrons. The number of ether oxygens (including phenoxy) is 1. The molecule has 1 aromatic heterocycles. The van der Waals surface area contributed by atoms with Gasteiger partial charge in [0.05, 0.1) is 0 Å². The smallest absolute Gasteiger partial charge is 0.0472 e. The Morgan fingerprint density at radius 1 is 1.38 bits per heavy atom. The molecule has 2 heterocycles. The maximum Gasteiger partial charge on any atom is 0.0472 e. The molecule has 1 N–H and O–H groups in total. The normalized spacial score (nSPS) is 18.5. The average Bonchev–Trinajstić information content (AvgIpc) is 2.98. The van der Waals surface area contributed by atoms with Crippen molar-refractivity contribution in [2.24, 2.45) is 5.41 Å². The first-order chi connectivity index (χ1) is 10.1. The van der Waals surface area contributed by atoms with Gasteiger partial charge in [-0.15, -0.1) is 11.3 Å². The van der Waals surface area contributed by atoms with E-state index in [1.54, 1.807) is 0 Å². The van der Waals surface area contributed by atoms with Crippen molar-refractivity contribution in [3.05, 3.63) is 22.4 Å². The summed E-state index contributed by atoms with van der Waals surface area (Å²) in [7, 11) is 0. The average molecular weight is 311 g/mol. The van der Waals surface area contributed by atoms with E-state index in [-0.39, 0.29) is 0 Å². The third kappa shape index (κ3) is 5.37. The summed E-state index contributed by atoms with van der Waals surface area (Å²) >= 11 is 1.86. The van der Waals surface area contributed by atoms with Crippen molar-refractivity contribution in [1.29, 1.82) is 0 Å². The van der Waals surface area contributed by atoms with E-state index >= 15 is 0 Å². The molecule has 0 atom stereocenters. The van der Waals surface area contributed by atoms with Crippen LogP contribution in [0.25, 0.3) is 0 Å². The van der Waals surface area contributed by atoms with Crippen LogP contribution in [0.4, 0.5) is 0 Å². The summed E-state index contributed by atoms with van der Waals surface area (Å²) in [6, 6.07) is 4.95. The first kappa shape index (κ1) is 16.9. The van der Waals surface area contributed by atoms with Crippen molar-refractivity contribution in [3.63, 3.8) is 0 Å². The summed E-state index contributed by atoms with van der Waals surface area (Å²) in [4.78, 5) is 4.06. The molecule has 1 aromatic rings. The fourth-order valence-electron chi connectivity index (χ4n) is 2.99. The van der Waals surface area contributed by atoms with Gasteiger partial charge in [0.15, 0.2) is 0 Å². The standard InChI is InChI=1S/C17H30N2OS/c1-4-19(12-16-6-5-11-21-16)14-17(13-18-15(2)3)7-9-20-10-8-17/h5-6,11,15,18H,4,7-10,12-14H2,1-3H3. The quantitative estimate of drug-likeness (QED) is 0.797. The molecule has 1 fully saturated rings. The van der Waals surface area contributed by atoms with E-state index in [4.69, 9.17) is 4.74 Å². The summed E-state index contributed by atoms with van der Waals surface area (Å²) < 4.78 is 5.61. The van der Waals surface area contributed by atoms with Crippen molar-refractivity contribution in [3.8, 4) is 0 Å². The zero-order valence-corrected chi connectivity index (χ0v) is 14.5. The van der Waals surface area contributed by atoms with Crippen molar-refractivity contribution in [2.75, 3.05) is 32.8 Å². The maximum atomic E-state index is 5.61. The number of hydrogen-bond donors (Lipinski definition) is 1. The van der Waals surface area contributed by atoms with E-state index in [9.17, 15) is 0 Å². The monoisotopic (exact) mass is 310 g/mol. The van der Waals surface area contributed by atoms with Gasteiger partial charge in [0.1, 0.15) is 0 Å². The van der Waals surface area contributed by atoms with Crippen molar-refractivity contribution < 1.29 is 4.74 Å². The lowest BCUT2D eigenvalue weighted by molar-refractivity contribution is -0.00565. The molecule has 1 aliphatic heterocycles. The van der Waals surface area contributed by atoms with Crippen LogP contribution in [0, 0.1) is 5.41 Å². The Labute approximate surface area is 133 Å². The Kier molecular flexibility index (Phi) is 6.68. The highest BCUT2D eigenvalue weighted by atomic mass is 32.1. The Balaban J connectivity index is 1.98. The largest absolute Gasteiger partial charge is 0.381 e. The van der Waals surface area contributed by atoms with Crippen LogP contribution in [0.2, 0.25) is 0 Å². The van der Waals surface area contributed by atoms with Crippen LogP contribution >= 0.6 is 11.3 Å². The summed E-state index contributed by atoms with van der Waals surface area (Å²) in [6.45, 7) is 13.0. The van der Waals surface area contributed by atoms with Gasteiger partial charge in [-0.25, -0.2) is 0 Å². The molecule has 0 aromatic carbocycles. The second-order valence-corrected chi connectivity index (χ2v) is 7.56. The molecule has 120 valence electrons. The van der Waals surface area contributed by atoms with Gasteiger partial charge < -0.3 is 10.1 Å². The molecular weight excluding hydrogens is 280 g/mol. The van der Waals surface area contributed by atoms with Crippen LogP contribution in [0.1, 0.15) is 38.5 Å². The van der Waals surface area contributed by atoms with E-state index in [2.05, 4.69) is 48.5 Å². The summed E-state index contributed by atoms with van der Waals surface area (Å²) in [6.07, 6.45) is 2.35. The zero-order chi connectivity index (χ0) is 15.1. The Morgan fingerprint density at radius 3 is 2.71 bits per heavy atom. The van der Waals surface area contributed by atoms with E-state index in [0.717, 1.165) is 32.8 Å². The Bertz CT molecular complexity index is 386. The lowest BCUT2D eigenvalue weighted by atomic mass is 9.79. The minimum absolute atomic E-state index is 0.371. The summed E-state index contributed by atoms with van der Waals surface area (Å²) in [5, 5.41) is 5.84. The molecule has 0 unspecified atom stereocenters. The lowest BCUT2D eigenvalue weighted by Crippen LogP contribution is -2.48. The summed E-state index contributed by atoms with van der Waals surface area (Å²) in [5.41, 5.74) is 0.371. The SMILES string of the molecule is CCN(Cc1cccs1)CC1(CNC(C)C)CCOCC1. The van der Waals surface area contributed by atoms with Gasteiger partial charge in [0.2, 0.25) is 0 Å². The number of nitrogens with one attached hydrogen (secondary N) is 1. The van der Waals surface area contributed by atoms with Crippen LogP contribution in [-0.4, -0.2) is 43.8 Å². The first-order valence-electron chi connectivity index (χ1n) is 8.19. The number of nitrogens with zero attached hydrogens (tertiary/aromatic N) is 1. The van der Waals surface area contributed by atoms with Crippen LogP contribution in [0.15, 0.2) is 17.5 Å². The van der Waals surface area contributed by atoms with Crippen LogP contribution < -0.4 is 5.32 Å². The van der Waals surface area contributed by atoms with Crippen molar-refractivity contribution in [1.82, 2.24) is 10.2 Å². The molecule has 0 saturated carbocycles. The van der Waals surface area contributed by atoms with Gasteiger partial charge in [-0.3, -0.25) is 4.90 Å². The zero-order valence-electron chi connectivity index (χ0n) is 13.7. The molecule has 21 heavy (non-hydrogen) atoms. The maximum absolute atomic E-state index is 5.61. The Hall–Kier alpha value is -0.420. The highest BCUT2D eigenvalue weighted by Crippen LogP contribution is 2.31. The Morgan fingerprint density at radius 2 is 2.14 bits per heavy atom. The molecule has 0 amide bonds. The molecule has 0 spiro atoms. The van der Waals surface area contributed by atoms with Crippen molar-refractivity contribution >= 4 is 11.3 Å². The predicted molar refractivity (Wildman–Crippen MR) is 90.9 cm³/mol. The van der Waals surface area contributed by atoms with Gasteiger partial charge in [0.25, 0.3) is 0 Å². The van der Waals surface area contributed by atoms with Gasteiger partial charge in [-0.05, 0) is 36.2 Å². The van der Waals surface area contributed by atoms with Gasteiger partial charge in [0, 0.05) is 43.8 Å². The molecule has 1 aliphatic rings. The molecule has 0 bridgehead atoms. The number of thiophene rings is 1. The molecule has 2 rings (SSSR count). The van der Waals surface area contributed by atoms with Crippen LogP contribution in [0.5, 0.6) is 0 Å². The predicted octanol–water partition coefficient (Wildman–Crippen LogP) is 3.36. The number of rotatable bonds is 8. The molecule has 0 aliphatic carbocycles. The molecule has 3 nitrogen and oxygen atoms in total. The minimum Gasteiger partial charge on any atom is -0.381 e. The second-order valence-electron chi connectivity index (χ2n) is 6.53. The fourth-order valence-corrected chi connectivity index (χ4v) is 3.74. The van der Waals surface area contributed by atoms with Crippen molar-refractivity contribution in [2.45, 2.75) is 46.2 Å². The topological polar surface area (TPSA) is 24.5 Å². The van der Waals surface area contributed by atoms with E-state index in [0.29, 0.717) is 11.5 Å². The third-order valence-corrected chi connectivity index (χ3v) is 5.27. The minimum atomic E-state index is 0.371. The highest BCUT2D eigenvalue weighted by molar-refractivity contribution is 7.09.